The van der Waals surface area contributed by atoms with E-state index in [1.54, 1.807) is 0 Å². The number of aryl methyl sites for hydroxylation is 3. The van der Waals surface area contributed by atoms with Crippen molar-refractivity contribution in [3.8, 4) is 50.6 Å². The summed E-state index contributed by atoms with van der Waals surface area (Å²) in [6.07, 6.45) is 0.845. The number of hydrogen-bond donors (Lipinski definition) is 0. The largest absolute Gasteiger partial charge is 0.192 e. The Balaban J connectivity index is 1.23. The van der Waals surface area contributed by atoms with Crippen LogP contribution in [-0.2, 0) is 6.42 Å². The highest BCUT2D eigenvalue weighted by molar-refractivity contribution is 6.45. The molecule has 1 nitrogen and oxygen atoms in total. The summed E-state index contributed by atoms with van der Waals surface area (Å²) in [4.78, 5) is 0. The molecule has 0 aromatic heterocycles. The molecule has 0 atom stereocenters. The van der Waals surface area contributed by atoms with Crippen LogP contribution in [0.5, 0.6) is 0 Å². The number of benzene rings is 10. The molecule has 60 heavy (non-hydrogen) atoms. The molecule has 12 aromatic rings. The van der Waals surface area contributed by atoms with E-state index in [1.807, 2.05) is 0 Å². The molecular formula is C59H39N. The van der Waals surface area contributed by atoms with Crippen LogP contribution in [0, 0.1) is 25.2 Å². The van der Waals surface area contributed by atoms with Crippen LogP contribution in [0.4, 0.5) is 0 Å². The standard InChI is InChI=1S/C59H39N/c1-4-36-25-26-39(31-41(36)33-60)40-29-34(2)52(35(3)30-40)46-27-28-49-55-45(46)22-14-24-48(55)58-53(37-15-7-5-8-16-37)51-32-50-43-20-12-11-19-42(43)44-21-13-23-47(56(44)50)57(51)54(59(49)58)38-17-9-6-10-18-38/h5-32H,4H2,1-3H3. The molecule has 0 amide bonds. The van der Waals surface area contributed by atoms with Gasteiger partial charge in [-0.1, -0.05) is 165 Å². The van der Waals surface area contributed by atoms with E-state index in [-0.39, 0.29) is 0 Å². The van der Waals surface area contributed by atoms with Crippen LogP contribution in [0.1, 0.15) is 29.2 Å². The van der Waals surface area contributed by atoms with Gasteiger partial charge in [-0.2, -0.15) is 5.26 Å². The van der Waals surface area contributed by atoms with Gasteiger partial charge in [-0.15, -0.1) is 0 Å². The van der Waals surface area contributed by atoms with E-state index in [9.17, 15) is 5.26 Å². The average Bonchev–Trinajstić information content (AvgIpc) is 3.80. The Bertz CT molecular complexity index is 3730. The van der Waals surface area contributed by atoms with E-state index < -0.39 is 0 Å². The highest BCUT2D eigenvalue weighted by Crippen LogP contribution is 2.55. The molecular weight excluding hydrogens is 723 g/mol. The summed E-state index contributed by atoms with van der Waals surface area (Å²) >= 11 is 0. The van der Waals surface area contributed by atoms with Gasteiger partial charge in [0.2, 0.25) is 0 Å². The summed E-state index contributed by atoms with van der Waals surface area (Å²) in [5, 5.41) is 28.2. The highest BCUT2D eigenvalue weighted by Gasteiger charge is 2.27. The predicted octanol–water partition coefficient (Wildman–Crippen LogP) is 16.4. The molecule has 12 aromatic carbocycles. The van der Waals surface area contributed by atoms with Gasteiger partial charge >= 0.3 is 0 Å². The van der Waals surface area contributed by atoms with Crippen LogP contribution in [-0.4, -0.2) is 0 Å². The summed E-state index contributed by atoms with van der Waals surface area (Å²) in [7, 11) is 0. The van der Waals surface area contributed by atoms with Crippen molar-refractivity contribution in [3.05, 3.63) is 192 Å². The molecule has 0 saturated carbocycles. The molecule has 0 aliphatic carbocycles. The lowest BCUT2D eigenvalue weighted by Crippen LogP contribution is -1.93. The maximum Gasteiger partial charge on any atom is 0.0994 e. The number of hydrogen-bond acceptors (Lipinski definition) is 1. The quantitative estimate of drug-likeness (QED) is 0.160. The van der Waals surface area contributed by atoms with E-state index >= 15 is 0 Å². The van der Waals surface area contributed by atoms with Gasteiger partial charge in [0, 0.05) is 0 Å². The van der Waals surface area contributed by atoms with Crippen molar-refractivity contribution in [1.29, 1.82) is 5.26 Å². The van der Waals surface area contributed by atoms with Crippen molar-refractivity contribution in [2.24, 2.45) is 0 Å². The summed E-state index contributed by atoms with van der Waals surface area (Å²) in [5.41, 5.74) is 14.1. The number of fused-ring (bicyclic) bond motifs is 8. The molecule has 0 bridgehead atoms. The smallest absolute Gasteiger partial charge is 0.0994 e. The van der Waals surface area contributed by atoms with Crippen LogP contribution < -0.4 is 0 Å². The first-order valence-corrected chi connectivity index (χ1v) is 21.1. The molecule has 0 saturated heterocycles. The third-order valence-electron chi connectivity index (χ3n) is 13.4. The maximum absolute atomic E-state index is 9.92. The average molecular weight is 762 g/mol. The molecule has 0 aliphatic heterocycles. The zero-order chi connectivity index (χ0) is 40.2. The van der Waals surface area contributed by atoms with Gasteiger partial charge in [0.05, 0.1) is 11.6 Å². The normalized spacial score (nSPS) is 12.0. The van der Waals surface area contributed by atoms with Gasteiger partial charge in [0.1, 0.15) is 0 Å². The first kappa shape index (κ1) is 34.5. The SMILES string of the molecule is CCc1ccc(-c2cc(C)c(-c3ccc4c5c(-c6ccccc6)c6c(cc7c8ccccc8c8cccc6c87)c(-c6ccccc6)c5c5cccc3c54)c(C)c2)cc1C#N. The van der Waals surface area contributed by atoms with Crippen molar-refractivity contribution in [3.63, 3.8) is 0 Å². The maximum atomic E-state index is 9.92. The van der Waals surface area contributed by atoms with Crippen molar-refractivity contribution < 1.29 is 0 Å². The second kappa shape index (κ2) is 13.0. The van der Waals surface area contributed by atoms with Gasteiger partial charge in [-0.3, -0.25) is 0 Å². The lowest BCUT2D eigenvalue weighted by atomic mass is 9.84. The van der Waals surface area contributed by atoms with Crippen LogP contribution >= 0.6 is 0 Å². The lowest BCUT2D eigenvalue weighted by Gasteiger charge is -2.19. The Morgan fingerprint density at radius 3 is 1.60 bits per heavy atom. The Hall–Kier alpha value is -7.53. The monoisotopic (exact) mass is 761 g/mol. The second-order valence-electron chi connectivity index (χ2n) is 16.6. The highest BCUT2D eigenvalue weighted by atomic mass is 14.3. The molecule has 280 valence electrons. The molecule has 12 rings (SSSR count). The minimum atomic E-state index is 0.755. The first-order valence-electron chi connectivity index (χ1n) is 21.1. The summed E-state index contributed by atoms with van der Waals surface area (Å²) in [6, 6.07) is 65.6. The fraction of sp³-hybridized carbons (Fsp3) is 0.0678. The third-order valence-corrected chi connectivity index (χ3v) is 13.4. The topological polar surface area (TPSA) is 23.8 Å². The lowest BCUT2D eigenvalue weighted by molar-refractivity contribution is 1.13. The summed E-state index contributed by atoms with van der Waals surface area (Å²) in [6.45, 7) is 6.58. The van der Waals surface area contributed by atoms with Gasteiger partial charge in [0.25, 0.3) is 0 Å². The minimum Gasteiger partial charge on any atom is -0.192 e. The van der Waals surface area contributed by atoms with Crippen molar-refractivity contribution >= 4 is 75.4 Å². The van der Waals surface area contributed by atoms with Crippen LogP contribution in [0.25, 0.3) is 120 Å². The summed E-state index contributed by atoms with van der Waals surface area (Å²) < 4.78 is 0. The Morgan fingerprint density at radius 1 is 0.367 bits per heavy atom. The molecule has 0 unspecified atom stereocenters. The second-order valence-corrected chi connectivity index (χ2v) is 16.6. The van der Waals surface area contributed by atoms with Crippen LogP contribution in [0.3, 0.4) is 0 Å². The Labute approximate surface area is 349 Å². The zero-order valence-electron chi connectivity index (χ0n) is 33.8. The van der Waals surface area contributed by atoms with Crippen molar-refractivity contribution in [2.75, 3.05) is 0 Å². The van der Waals surface area contributed by atoms with Crippen LogP contribution in [0.2, 0.25) is 0 Å². The van der Waals surface area contributed by atoms with Gasteiger partial charge < -0.3 is 0 Å². The molecule has 0 radical (unpaired) electrons. The van der Waals surface area contributed by atoms with Gasteiger partial charge in [-0.05, 0) is 169 Å². The minimum absolute atomic E-state index is 0.755. The van der Waals surface area contributed by atoms with Gasteiger partial charge in [-0.25, -0.2) is 0 Å². The molecule has 0 spiro atoms. The summed E-state index contributed by atoms with van der Waals surface area (Å²) in [5.74, 6) is 0. The zero-order valence-corrected chi connectivity index (χ0v) is 33.8. The molecule has 0 heterocycles. The molecule has 1 heteroatoms. The Morgan fingerprint density at radius 2 is 0.917 bits per heavy atom. The predicted molar refractivity (Wildman–Crippen MR) is 257 cm³/mol. The number of nitrogens with zero attached hydrogens (tertiary/aromatic N) is 1. The Kier molecular flexibility index (Phi) is 7.47. The number of nitriles is 1. The van der Waals surface area contributed by atoms with E-state index in [0.29, 0.717) is 0 Å². The number of rotatable bonds is 5. The molecule has 0 N–H and O–H groups in total. The van der Waals surface area contributed by atoms with E-state index in [0.717, 1.165) is 28.7 Å². The van der Waals surface area contributed by atoms with Crippen molar-refractivity contribution in [2.45, 2.75) is 27.2 Å². The third kappa shape index (κ3) is 4.74. The van der Waals surface area contributed by atoms with Crippen LogP contribution in [0.15, 0.2) is 170 Å². The van der Waals surface area contributed by atoms with E-state index in [2.05, 4.69) is 197 Å². The first-order chi connectivity index (χ1) is 29.5. The fourth-order valence-electron chi connectivity index (χ4n) is 11.0. The van der Waals surface area contributed by atoms with E-state index in [4.69, 9.17) is 0 Å². The van der Waals surface area contributed by atoms with Crippen molar-refractivity contribution in [1.82, 2.24) is 0 Å². The molecule has 0 fully saturated rings. The van der Waals surface area contributed by atoms with Gasteiger partial charge in [0.15, 0.2) is 0 Å². The fourth-order valence-corrected chi connectivity index (χ4v) is 11.0. The van der Waals surface area contributed by atoms with E-state index in [1.165, 1.54) is 120 Å². The molecule has 0 aliphatic rings.